The van der Waals surface area contributed by atoms with Gasteiger partial charge in [0.15, 0.2) is 0 Å². The van der Waals surface area contributed by atoms with E-state index in [9.17, 15) is 14.0 Å². The molecule has 2 rings (SSSR count). The minimum absolute atomic E-state index is 0.264. The molecule has 5 nitrogen and oxygen atoms in total. The van der Waals surface area contributed by atoms with Gasteiger partial charge in [0.05, 0.1) is 0 Å². The van der Waals surface area contributed by atoms with Crippen molar-refractivity contribution in [1.82, 2.24) is 10.6 Å². The van der Waals surface area contributed by atoms with Gasteiger partial charge in [-0.25, -0.2) is 4.39 Å². The van der Waals surface area contributed by atoms with Crippen LogP contribution < -0.4 is 16.4 Å². The van der Waals surface area contributed by atoms with Crippen LogP contribution in [0.2, 0.25) is 0 Å². The number of benzene rings is 2. The molecular weight excluding hydrogens is 321 g/mol. The molecule has 0 saturated heterocycles. The molecule has 1 unspecified atom stereocenters. The third-order valence-corrected chi connectivity index (χ3v) is 3.74. The lowest BCUT2D eigenvalue weighted by Crippen LogP contribution is -2.36. The molecule has 0 fully saturated rings. The van der Waals surface area contributed by atoms with Crippen LogP contribution in [0.1, 0.15) is 33.9 Å². The molecule has 0 bridgehead atoms. The highest BCUT2D eigenvalue weighted by molar-refractivity contribution is 5.94. The second kappa shape index (κ2) is 8.94. The van der Waals surface area contributed by atoms with Gasteiger partial charge in [0.25, 0.3) is 5.91 Å². The van der Waals surface area contributed by atoms with Crippen molar-refractivity contribution in [3.8, 4) is 0 Å². The summed E-state index contributed by atoms with van der Waals surface area (Å²) < 4.78 is 13.1. The van der Waals surface area contributed by atoms with E-state index in [0.717, 1.165) is 11.1 Å². The lowest BCUT2D eigenvalue weighted by Gasteiger charge is -2.13. The maximum Gasteiger partial charge on any atom is 0.251 e. The summed E-state index contributed by atoms with van der Waals surface area (Å²) in [4.78, 5) is 23.8. The van der Waals surface area contributed by atoms with Gasteiger partial charge in [0.2, 0.25) is 5.91 Å². The van der Waals surface area contributed by atoms with Crippen LogP contribution in [0, 0.1) is 12.7 Å². The van der Waals surface area contributed by atoms with Crippen LogP contribution in [-0.2, 0) is 4.79 Å². The van der Waals surface area contributed by atoms with E-state index >= 15 is 0 Å². The highest BCUT2D eigenvalue weighted by atomic mass is 19.1. The molecule has 0 spiro atoms. The summed E-state index contributed by atoms with van der Waals surface area (Å²) in [6, 6.07) is 12.2. The Morgan fingerprint density at radius 2 is 1.76 bits per heavy atom. The number of carbonyl (C=O) groups excluding carboxylic acids is 2. The predicted molar refractivity (Wildman–Crippen MR) is 94.5 cm³/mol. The summed E-state index contributed by atoms with van der Waals surface area (Å²) in [5.41, 5.74) is 8.05. The van der Waals surface area contributed by atoms with Crippen LogP contribution in [0.4, 0.5) is 4.39 Å². The summed E-state index contributed by atoms with van der Waals surface area (Å²) in [7, 11) is 0. The molecule has 0 heterocycles. The maximum absolute atomic E-state index is 13.1. The number of hydrogen-bond acceptors (Lipinski definition) is 3. The maximum atomic E-state index is 13.1. The standard InChI is InChI=1S/C19H22FN3O2/c1-13-6-8-14(9-7-13)17(21)19(25)23-11-3-10-22-18(24)15-4-2-5-16(20)12-15/h2,4-9,12,17H,3,10-11,21H2,1H3,(H,22,24)(H,23,25). The van der Waals surface area contributed by atoms with Gasteiger partial charge >= 0.3 is 0 Å². The first-order chi connectivity index (χ1) is 12.0. The number of hydrogen-bond donors (Lipinski definition) is 3. The number of rotatable bonds is 7. The zero-order valence-corrected chi connectivity index (χ0v) is 14.1. The molecule has 25 heavy (non-hydrogen) atoms. The Morgan fingerprint density at radius 1 is 1.08 bits per heavy atom. The van der Waals surface area contributed by atoms with E-state index in [4.69, 9.17) is 5.73 Å². The first-order valence-corrected chi connectivity index (χ1v) is 8.11. The highest BCUT2D eigenvalue weighted by Gasteiger charge is 2.14. The number of carbonyl (C=O) groups is 2. The van der Waals surface area contributed by atoms with Crippen LogP contribution in [0.25, 0.3) is 0 Å². The van der Waals surface area contributed by atoms with Crippen molar-refractivity contribution in [3.63, 3.8) is 0 Å². The van der Waals surface area contributed by atoms with E-state index < -0.39 is 11.9 Å². The van der Waals surface area contributed by atoms with Crippen molar-refractivity contribution in [2.24, 2.45) is 5.73 Å². The van der Waals surface area contributed by atoms with Crippen LogP contribution in [0.15, 0.2) is 48.5 Å². The third kappa shape index (κ3) is 5.69. The van der Waals surface area contributed by atoms with E-state index in [1.165, 1.54) is 18.2 Å². The Kier molecular flexibility index (Phi) is 6.65. The molecular formula is C19H22FN3O2. The van der Waals surface area contributed by atoms with E-state index in [1.54, 1.807) is 6.07 Å². The molecule has 6 heteroatoms. The minimum atomic E-state index is -0.720. The van der Waals surface area contributed by atoms with Gasteiger partial charge < -0.3 is 16.4 Å². The Bertz CT molecular complexity index is 732. The highest BCUT2D eigenvalue weighted by Crippen LogP contribution is 2.11. The predicted octanol–water partition coefficient (Wildman–Crippen LogP) is 2.07. The van der Waals surface area contributed by atoms with Gasteiger partial charge in [-0.05, 0) is 37.1 Å². The lowest BCUT2D eigenvalue weighted by atomic mass is 10.1. The number of nitrogens with one attached hydrogen (secondary N) is 2. The molecule has 4 N–H and O–H groups in total. The first kappa shape index (κ1) is 18.6. The van der Waals surface area contributed by atoms with E-state index in [-0.39, 0.29) is 17.4 Å². The van der Waals surface area contributed by atoms with Crippen LogP contribution >= 0.6 is 0 Å². The summed E-state index contributed by atoms with van der Waals surface area (Å²) >= 11 is 0. The van der Waals surface area contributed by atoms with Gasteiger partial charge in [-0.2, -0.15) is 0 Å². The van der Waals surface area contributed by atoms with E-state index in [2.05, 4.69) is 10.6 Å². The molecule has 132 valence electrons. The zero-order chi connectivity index (χ0) is 18.2. The molecule has 0 aliphatic heterocycles. The quantitative estimate of drug-likeness (QED) is 0.673. The second-order valence-electron chi connectivity index (χ2n) is 5.80. The normalized spacial score (nSPS) is 11.6. The molecule has 0 aromatic heterocycles. The Labute approximate surface area is 146 Å². The van der Waals surface area contributed by atoms with Crippen molar-refractivity contribution in [1.29, 1.82) is 0 Å². The van der Waals surface area contributed by atoms with Crippen LogP contribution in [0.3, 0.4) is 0 Å². The molecule has 2 aromatic carbocycles. The molecule has 2 aromatic rings. The second-order valence-corrected chi connectivity index (χ2v) is 5.80. The Morgan fingerprint density at radius 3 is 2.44 bits per heavy atom. The van der Waals surface area contributed by atoms with E-state index in [1.807, 2.05) is 31.2 Å². The van der Waals surface area contributed by atoms with Gasteiger partial charge in [0, 0.05) is 18.7 Å². The van der Waals surface area contributed by atoms with Crippen molar-refractivity contribution in [3.05, 3.63) is 71.0 Å². The summed E-state index contributed by atoms with van der Waals surface area (Å²) in [6.45, 7) is 2.73. The number of amides is 2. The summed E-state index contributed by atoms with van der Waals surface area (Å²) in [5, 5.41) is 5.42. The fraction of sp³-hybridized carbons (Fsp3) is 0.263. The number of aryl methyl sites for hydroxylation is 1. The largest absolute Gasteiger partial charge is 0.354 e. The van der Waals surface area contributed by atoms with Crippen molar-refractivity contribution < 1.29 is 14.0 Å². The average Bonchev–Trinajstić information content (AvgIpc) is 2.61. The van der Waals surface area contributed by atoms with Gasteiger partial charge in [-0.1, -0.05) is 35.9 Å². The van der Waals surface area contributed by atoms with Gasteiger partial charge in [0.1, 0.15) is 11.9 Å². The average molecular weight is 343 g/mol. The number of halogens is 1. The molecule has 0 radical (unpaired) electrons. The van der Waals surface area contributed by atoms with Crippen molar-refractivity contribution >= 4 is 11.8 Å². The fourth-order valence-corrected chi connectivity index (χ4v) is 2.27. The Hall–Kier alpha value is -2.73. The van der Waals surface area contributed by atoms with E-state index in [0.29, 0.717) is 19.5 Å². The molecule has 1 atom stereocenters. The van der Waals surface area contributed by atoms with Crippen LogP contribution in [0.5, 0.6) is 0 Å². The van der Waals surface area contributed by atoms with Gasteiger partial charge in [-0.15, -0.1) is 0 Å². The monoisotopic (exact) mass is 343 g/mol. The molecule has 0 saturated carbocycles. The lowest BCUT2D eigenvalue weighted by molar-refractivity contribution is -0.122. The molecule has 0 aliphatic carbocycles. The minimum Gasteiger partial charge on any atom is -0.354 e. The van der Waals surface area contributed by atoms with Crippen molar-refractivity contribution in [2.75, 3.05) is 13.1 Å². The smallest absolute Gasteiger partial charge is 0.251 e. The van der Waals surface area contributed by atoms with Crippen LogP contribution in [-0.4, -0.2) is 24.9 Å². The number of nitrogens with two attached hydrogens (primary N) is 1. The fourth-order valence-electron chi connectivity index (χ4n) is 2.27. The zero-order valence-electron chi connectivity index (χ0n) is 14.1. The third-order valence-electron chi connectivity index (χ3n) is 3.74. The topological polar surface area (TPSA) is 84.2 Å². The SMILES string of the molecule is Cc1ccc(C(N)C(=O)NCCCNC(=O)c2cccc(F)c2)cc1. The molecule has 0 aliphatic rings. The molecule has 2 amide bonds. The summed E-state index contributed by atoms with van der Waals surface area (Å²) in [6.07, 6.45) is 0.549. The first-order valence-electron chi connectivity index (χ1n) is 8.11. The van der Waals surface area contributed by atoms with Gasteiger partial charge in [-0.3, -0.25) is 9.59 Å². The van der Waals surface area contributed by atoms with Crippen molar-refractivity contribution in [2.45, 2.75) is 19.4 Å². The summed E-state index contributed by atoms with van der Waals surface area (Å²) in [5.74, 6) is -1.06. The Balaban J connectivity index is 1.69.